The molecule has 1 N–H and O–H groups in total. The van der Waals surface area contributed by atoms with Crippen molar-refractivity contribution in [3.8, 4) is 0 Å². The molecule has 0 fully saturated rings. The van der Waals surface area contributed by atoms with Crippen LogP contribution in [0.5, 0.6) is 0 Å². The summed E-state index contributed by atoms with van der Waals surface area (Å²) >= 11 is 1.74. The van der Waals surface area contributed by atoms with Gasteiger partial charge >= 0.3 is 0 Å². The molecule has 3 rings (SSSR count). The fourth-order valence-electron chi connectivity index (χ4n) is 2.62. The predicted octanol–water partition coefficient (Wildman–Crippen LogP) is 3.71. The van der Waals surface area contributed by atoms with Crippen molar-refractivity contribution < 1.29 is 4.39 Å². The van der Waals surface area contributed by atoms with E-state index >= 15 is 0 Å². The minimum absolute atomic E-state index is 0.118. The molecule has 1 heterocycles. The van der Waals surface area contributed by atoms with Crippen molar-refractivity contribution in [3.63, 3.8) is 0 Å². The second kappa shape index (κ2) is 5.21. The number of nitrogens with one attached hydrogen (secondary N) is 1. The van der Waals surface area contributed by atoms with Gasteiger partial charge in [0.15, 0.2) is 0 Å². The molecule has 0 bridgehead atoms. The van der Waals surface area contributed by atoms with Crippen LogP contribution in [0.15, 0.2) is 35.0 Å². The number of halogens is 1. The minimum atomic E-state index is -0.118. The van der Waals surface area contributed by atoms with E-state index in [-0.39, 0.29) is 5.82 Å². The third-order valence-corrected chi connectivity index (χ3v) is 4.30. The van der Waals surface area contributed by atoms with Gasteiger partial charge in [0.05, 0.1) is 0 Å². The van der Waals surface area contributed by atoms with Crippen LogP contribution in [-0.4, -0.2) is 6.54 Å². The molecule has 1 aromatic carbocycles. The zero-order chi connectivity index (χ0) is 12.4. The zero-order valence-electron chi connectivity index (χ0n) is 10.2. The first-order chi connectivity index (χ1) is 8.83. The molecule has 1 unspecified atom stereocenters. The van der Waals surface area contributed by atoms with Crippen LogP contribution in [0.2, 0.25) is 0 Å². The van der Waals surface area contributed by atoms with Crippen LogP contribution in [0.25, 0.3) is 0 Å². The van der Waals surface area contributed by atoms with Crippen molar-refractivity contribution in [1.82, 2.24) is 5.32 Å². The highest BCUT2D eigenvalue weighted by molar-refractivity contribution is 7.07. The average Bonchev–Trinajstić information content (AvgIpc) is 2.99. The number of hydrogen-bond acceptors (Lipinski definition) is 2. The summed E-state index contributed by atoms with van der Waals surface area (Å²) in [6.07, 6.45) is 3.14. The smallest absolute Gasteiger partial charge is 0.123 e. The lowest BCUT2D eigenvalue weighted by molar-refractivity contribution is 0.534. The molecule has 18 heavy (non-hydrogen) atoms. The molecule has 0 spiro atoms. The van der Waals surface area contributed by atoms with E-state index in [0.717, 1.165) is 25.8 Å². The summed E-state index contributed by atoms with van der Waals surface area (Å²) in [4.78, 5) is 0. The maximum Gasteiger partial charge on any atom is 0.123 e. The predicted molar refractivity (Wildman–Crippen MR) is 73.5 cm³/mol. The Balaban J connectivity index is 1.59. The first-order valence-corrected chi connectivity index (χ1v) is 7.30. The van der Waals surface area contributed by atoms with Crippen LogP contribution in [0.3, 0.4) is 0 Å². The van der Waals surface area contributed by atoms with E-state index in [1.807, 2.05) is 6.07 Å². The molecular weight excluding hydrogens is 245 g/mol. The van der Waals surface area contributed by atoms with Crippen molar-refractivity contribution in [3.05, 3.63) is 57.5 Å². The van der Waals surface area contributed by atoms with Gasteiger partial charge in [-0.25, -0.2) is 4.39 Å². The highest BCUT2D eigenvalue weighted by Gasteiger charge is 2.21. The summed E-state index contributed by atoms with van der Waals surface area (Å²) < 4.78 is 13.1. The summed E-state index contributed by atoms with van der Waals surface area (Å²) in [5, 5.41) is 7.89. The van der Waals surface area contributed by atoms with Gasteiger partial charge in [0.1, 0.15) is 5.82 Å². The molecule has 0 aliphatic heterocycles. The first kappa shape index (κ1) is 11.9. The van der Waals surface area contributed by atoms with Gasteiger partial charge in [-0.2, -0.15) is 11.3 Å². The lowest BCUT2D eigenvalue weighted by atomic mass is 10.1. The Morgan fingerprint density at radius 3 is 3.11 bits per heavy atom. The van der Waals surface area contributed by atoms with Crippen molar-refractivity contribution >= 4 is 11.3 Å². The first-order valence-electron chi connectivity index (χ1n) is 6.36. The maximum atomic E-state index is 13.1. The molecule has 0 amide bonds. The average molecular weight is 261 g/mol. The summed E-state index contributed by atoms with van der Waals surface area (Å²) in [5.41, 5.74) is 3.84. The van der Waals surface area contributed by atoms with Gasteiger partial charge in [-0.1, -0.05) is 6.07 Å². The Bertz CT molecular complexity index is 521. The molecule has 94 valence electrons. The molecule has 0 radical (unpaired) electrons. The summed E-state index contributed by atoms with van der Waals surface area (Å²) in [6.45, 7) is 0.984. The Hall–Kier alpha value is -1.19. The summed E-state index contributed by atoms with van der Waals surface area (Å²) in [5.74, 6) is -0.118. The number of benzene rings is 1. The molecule has 1 aliphatic rings. The van der Waals surface area contributed by atoms with Crippen molar-refractivity contribution in [2.24, 2.45) is 0 Å². The number of aryl methyl sites for hydroxylation is 1. The third kappa shape index (κ3) is 2.47. The number of fused-ring (bicyclic) bond motifs is 1. The van der Waals surface area contributed by atoms with Crippen LogP contribution >= 0.6 is 11.3 Å². The van der Waals surface area contributed by atoms with Crippen molar-refractivity contribution in [2.45, 2.75) is 25.3 Å². The van der Waals surface area contributed by atoms with Gasteiger partial charge < -0.3 is 5.32 Å². The SMILES string of the molecule is Fc1ccc2c(c1)CCC2NCCc1ccsc1. The fourth-order valence-corrected chi connectivity index (χ4v) is 3.33. The van der Waals surface area contributed by atoms with Crippen molar-refractivity contribution in [2.75, 3.05) is 6.54 Å². The molecule has 1 aliphatic carbocycles. The Kier molecular flexibility index (Phi) is 3.43. The minimum Gasteiger partial charge on any atom is -0.310 e. The highest BCUT2D eigenvalue weighted by Crippen LogP contribution is 2.31. The van der Waals surface area contributed by atoms with E-state index in [9.17, 15) is 4.39 Å². The molecule has 1 atom stereocenters. The lowest BCUT2D eigenvalue weighted by Gasteiger charge is -2.13. The Morgan fingerprint density at radius 1 is 1.33 bits per heavy atom. The molecule has 2 aromatic rings. The number of rotatable bonds is 4. The second-order valence-electron chi connectivity index (χ2n) is 4.77. The van der Waals surface area contributed by atoms with E-state index < -0.39 is 0 Å². The van der Waals surface area contributed by atoms with Gasteiger partial charge in [0, 0.05) is 6.04 Å². The quantitative estimate of drug-likeness (QED) is 0.884. The normalized spacial score (nSPS) is 17.9. The molecule has 0 saturated carbocycles. The molecule has 3 heteroatoms. The molecule has 1 aromatic heterocycles. The number of thiophene rings is 1. The van der Waals surface area contributed by atoms with E-state index in [1.54, 1.807) is 23.5 Å². The van der Waals surface area contributed by atoms with Gasteiger partial charge in [0.25, 0.3) is 0 Å². The van der Waals surface area contributed by atoms with E-state index in [4.69, 9.17) is 0 Å². The van der Waals surface area contributed by atoms with E-state index in [0.29, 0.717) is 6.04 Å². The van der Waals surface area contributed by atoms with Crippen LogP contribution in [-0.2, 0) is 12.8 Å². The van der Waals surface area contributed by atoms with Gasteiger partial charge in [0.2, 0.25) is 0 Å². The summed E-state index contributed by atoms with van der Waals surface area (Å²) in [6, 6.07) is 7.75. The van der Waals surface area contributed by atoms with Crippen molar-refractivity contribution in [1.29, 1.82) is 0 Å². The summed E-state index contributed by atoms with van der Waals surface area (Å²) in [7, 11) is 0. The maximum absolute atomic E-state index is 13.1. The van der Waals surface area contributed by atoms with Crippen LogP contribution in [0.1, 0.15) is 29.2 Å². The van der Waals surface area contributed by atoms with Crippen LogP contribution < -0.4 is 5.32 Å². The van der Waals surface area contributed by atoms with Crippen LogP contribution in [0, 0.1) is 5.82 Å². The van der Waals surface area contributed by atoms with Gasteiger partial charge in [-0.15, -0.1) is 0 Å². The lowest BCUT2D eigenvalue weighted by Crippen LogP contribution is -2.21. The number of hydrogen-bond donors (Lipinski definition) is 1. The third-order valence-electron chi connectivity index (χ3n) is 3.57. The molecular formula is C15H16FNS. The highest BCUT2D eigenvalue weighted by atomic mass is 32.1. The molecule has 0 saturated heterocycles. The second-order valence-corrected chi connectivity index (χ2v) is 5.55. The largest absolute Gasteiger partial charge is 0.310 e. The zero-order valence-corrected chi connectivity index (χ0v) is 11.0. The monoisotopic (exact) mass is 261 g/mol. The fraction of sp³-hybridized carbons (Fsp3) is 0.333. The van der Waals surface area contributed by atoms with E-state index in [2.05, 4.69) is 22.1 Å². The van der Waals surface area contributed by atoms with Crippen LogP contribution in [0.4, 0.5) is 4.39 Å². The Labute approximate surface area is 111 Å². The standard InChI is InChI=1S/C15H16FNS/c16-13-2-3-14-12(9-13)1-4-15(14)17-7-5-11-6-8-18-10-11/h2-3,6,8-10,15,17H,1,4-5,7H2. The molecule has 1 nitrogen and oxygen atoms in total. The van der Waals surface area contributed by atoms with Gasteiger partial charge in [-0.05, 0) is 71.5 Å². The van der Waals surface area contributed by atoms with Gasteiger partial charge in [-0.3, -0.25) is 0 Å². The topological polar surface area (TPSA) is 12.0 Å². The Morgan fingerprint density at radius 2 is 2.28 bits per heavy atom. The van der Waals surface area contributed by atoms with E-state index in [1.165, 1.54) is 16.7 Å².